The van der Waals surface area contributed by atoms with Crippen molar-refractivity contribution >= 4 is 5.78 Å². The van der Waals surface area contributed by atoms with Gasteiger partial charge in [-0.1, -0.05) is 90.9 Å². The second-order valence-electron chi connectivity index (χ2n) is 7.46. The molecule has 0 N–H and O–H groups in total. The van der Waals surface area contributed by atoms with Crippen molar-refractivity contribution in [3.8, 4) is 0 Å². The zero-order valence-corrected chi connectivity index (χ0v) is 15.4. The maximum absolute atomic E-state index is 12.1. The molecule has 1 saturated carbocycles. The highest BCUT2D eigenvalue weighted by Gasteiger charge is 2.33. The monoisotopic (exact) mass is 308 g/mol. The molecular weight excluding hydrogens is 268 g/mol. The summed E-state index contributed by atoms with van der Waals surface area (Å²) in [5.74, 6) is 1.43. The van der Waals surface area contributed by atoms with E-state index in [9.17, 15) is 4.79 Å². The lowest BCUT2D eigenvalue weighted by Crippen LogP contribution is -2.15. The van der Waals surface area contributed by atoms with Crippen molar-refractivity contribution in [3.05, 3.63) is 0 Å². The van der Waals surface area contributed by atoms with Gasteiger partial charge in [-0.25, -0.2) is 0 Å². The summed E-state index contributed by atoms with van der Waals surface area (Å²) in [5.41, 5.74) is 0. The molecule has 22 heavy (non-hydrogen) atoms. The van der Waals surface area contributed by atoms with E-state index in [0.717, 1.165) is 12.8 Å². The van der Waals surface area contributed by atoms with Crippen LogP contribution in [0.2, 0.25) is 0 Å². The van der Waals surface area contributed by atoms with Crippen molar-refractivity contribution < 1.29 is 4.79 Å². The van der Waals surface area contributed by atoms with Crippen LogP contribution >= 0.6 is 0 Å². The van der Waals surface area contributed by atoms with Crippen LogP contribution in [0.1, 0.15) is 117 Å². The molecule has 1 fully saturated rings. The summed E-state index contributed by atoms with van der Waals surface area (Å²) in [6.07, 6.45) is 21.4. The minimum absolute atomic E-state index is 0.385. The number of ketones is 1. The van der Waals surface area contributed by atoms with Crippen LogP contribution in [-0.4, -0.2) is 5.78 Å². The highest BCUT2D eigenvalue weighted by atomic mass is 16.1. The van der Waals surface area contributed by atoms with Gasteiger partial charge in [0, 0.05) is 11.8 Å². The Bertz CT molecular complexity index is 267. The Morgan fingerprint density at radius 1 is 0.773 bits per heavy atom. The van der Waals surface area contributed by atoms with Crippen LogP contribution in [0.25, 0.3) is 0 Å². The molecule has 0 aromatic rings. The Morgan fingerprint density at radius 2 is 1.23 bits per heavy atom. The smallest absolute Gasteiger partial charge is 0.139 e. The fourth-order valence-corrected chi connectivity index (χ4v) is 3.48. The van der Waals surface area contributed by atoms with E-state index in [4.69, 9.17) is 0 Å². The van der Waals surface area contributed by atoms with Crippen molar-refractivity contribution in [1.29, 1.82) is 0 Å². The molecule has 0 aromatic heterocycles. The van der Waals surface area contributed by atoms with E-state index < -0.39 is 0 Å². The van der Waals surface area contributed by atoms with Crippen LogP contribution in [-0.2, 0) is 4.79 Å². The summed E-state index contributed by atoms with van der Waals surface area (Å²) in [6, 6.07) is 0. The average Bonchev–Trinajstić information content (AvgIpc) is 3.36. The molecule has 0 bridgehead atoms. The minimum Gasteiger partial charge on any atom is -0.299 e. The largest absolute Gasteiger partial charge is 0.299 e. The minimum atomic E-state index is 0.385. The highest BCUT2D eigenvalue weighted by molar-refractivity contribution is 5.85. The first-order valence-electron chi connectivity index (χ1n) is 10.3. The van der Waals surface area contributed by atoms with Gasteiger partial charge in [-0.05, 0) is 25.7 Å². The van der Waals surface area contributed by atoms with Crippen LogP contribution in [0.5, 0.6) is 0 Å². The zero-order valence-electron chi connectivity index (χ0n) is 15.4. The summed E-state index contributed by atoms with van der Waals surface area (Å²) >= 11 is 0. The number of carbonyl (C=O) groups is 1. The van der Waals surface area contributed by atoms with E-state index in [2.05, 4.69) is 13.8 Å². The molecule has 1 aliphatic rings. The summed E-state index contributed by atoms with van der Waals surface area (Å²) in [6.45, 7) is 4.47. The van der Waals surface area contributed by atoms with E-state index in [1.54, 1.807) is 0 Å². The first-order valence-corrected chi connectivity index (χ1v) is 10.3. The highest BCUT2D eigenvalue weighted by Crippen LogP contribution is 2.34. The van der Waals surface area contributed by atoms with Crippen LogP contribution in [0, 0.1) is 11.8 Å². The third-order valence-electron chi connectivity index (χ3n) is 5.28. The third-order valence-corrected chi connectivity index (χ3v) is 5.28. The van der Waals surface area contributed by atoms with Crippen LogP contribution in [0.3, 0.4) is 0 Å². The van der Waals surface area contributed by atoms with Gasteiger partial charge in [0.25, 0.3) is 0 Å². The van der Waals surface area contributed by atoms with E-state index in [-0.39, 0.29) is 0 Å². The summed E-state index contributed by atoms with van der Waals surface area (Å²) < 4.78 is 0. The van der Waals surface area contributed by atoms with Gasteiger partial charge in [-0.2, -0.15) is 0 Å². The number of carbonyl (C=O) groups excluding carboxylic acids is 1. The molecule has 130 valence electrons. The van der Waals surface area contributed by atoms with Crippen LogP contribution < -0.4 is 0 Å². The molecule has 0 saturated heterocycles. The molecule has 0 aromatic carbocycles. The molecular formula is C21H40O. The average molecular weight is 309 g/mol. The maximum atomic E-state index is 12.1. The van der Waals surface area contributed by atoms with E-state index >= 15 is 0 Å². The molecule has 1 unspecified atom stereocenters. The SMILES string of the molecule is CCCCCCCCCCCCCCC(CC)C(=O)C1CC1. The fourth-order valence-electron chi connectivity index (χ4n) is 3.48. The molecule has 1 heteroatoms. The van der Waals surface area contributed by atoms with Crippen molar-refractivity contribution in [2.45, 2.75) is 117 Å². The zero-order chi connectivity index (χ0) is 16.0. The Kier molecular flexibility index (Phi) is 11.8. The Morgan fingerprint density at radius 3 is 1.64 bits per heavy atom. The standard InChI is InChI=1S/C21H40O/c1-3-5-6-7-8-9-10-11-12-13-14-15-16-19(4-2)21(22)20-17-18-20/h19-20H,3-18H2,1-2H3. The summed E-state index contributed by atoms with van der Waals surface area (Å²) in [4.78, 5) is 12.1. The Labute approximate surface area is 139 Å². The van der Waals surface area contributed by atoms with Gasteiger partial charge in [-0.15, -0.1) is 0 Å². The Balaban J connectivity index is 1.81. The topological polar surface area (TPSA) is 17.1 Å². The van der Waals surface area contributed by atoms with E-state index in [0.29, 0.717) is 17.6 Å². The second kappa shape index (κ2) is 13.1. The van der Waals surface area contributed by atoms with Crippen LogP contribution in [0.4, 0.5) is 0 Å². The van der Waals surface area contributed by atoms with Gasteiger partial charge in [-0.3, -0.25) is 4.79 Å². The number of unbranched alkanes of at least 4 members (excludes halogenated alkanes) is 11. The number of Topliss-reactive ketones (excluding diaryl/α,β-unsaturated/α-hetero) is 1. The van der Waals surface area contributed by atoms with Crippen molar-refractivity contribution in [2.75, 3.05) is 0 Å². The second-order valence-corrected chi connectivity index (χ2v) is 7.46. The molecule has 0 radical (unpaired) electrons. The fraction of sp³-hybridized carbons (Fsp3) is 0.952. The summed E-state index contributed by atoms with van der Waals surface area (Å²) in [5, 5.41) is 0. The van der Waals surface area contributed by atoms with Crippen molar-refractivity contribution in [3.63, 3.8) is 0 Å². The van der Waals surface area contributed by atoms with Crippen molar-refractivity contribution in [1.82, 2.24) is 0 Å². The number of hydrogen-bond donors (Lipinski definition) is 0. The molecule has 0 spiro atoms. The van der Waals surface area contributed by atoms with Gasteiger partial charge in [0.2, 0.25) is 0 Å². The van der Waals surface area contributed by atoms with Gasteiger partial charge >= 0.3 is 0 Å². The van der Waals surface area contributed by atoms with Gasteiger partial charge in [0.1, 0.15) is 5.78 Å². The van der Waals surface area contributed by atoms with Crippen molar-refractivity contribution in [2.24, 2.45) is 11.8 Å². The van der Waals surface area contributed by atoms with Gasteiger partial charge in [0.05, 0.1) is 0 Å². The quantitative estimate of drug-likeness (QED) is 0.278. The molecule has 0 aliphatic heterocycles. The molecule has 1 aliphatic carbocycles. The lowest BCUT2D eigenvalue weighted by atomic mass is 9.91. The van der Waals surface area contributed by atoms with Gasteiger partial charge in [0.15, 0.2) is 0 Å². The normalized spacial score (nSPS) is 15.9. The molecule has 0 heterocycles. The molecule has 0 amide bonds. The van der Waals surface area contributed by atoms with Crippen LogP contribution in [0.15, 0.2) is 0 Å². The number of rotatable bonds is 16. The lowest BCUT2D eigenvalue weighted by molar-refractivity contribution is -0.124. The molecule has 1 atom stereocenters. The van der Waals surface area contributed by atoms with E-state index in [1.807, 2.05) is 0 Å². The predicted molar refractivity (Wildman–Crippen MR) is 97.2 cm³/mol. The summed E-state index contributed by atoms with van der Waals surface area (Å²) in [7, 11) is 0. The molecule has 1 nitrogen and oxygen atoms in total. The van der Waals surface area contributed by atoms with E-state index in [1.165, 1.54) is 89.9 Å². The Hall–Kier alpha value is -0.330. The lowest BCUT2D eigenvalue weighted by Gasteiger charge is -2.12. The molecule has 1 rings (SSSR count). The first-order chi connectivity index (χ1) is 10.8. The number of hydrogen-bond acceptors (Lipinski definition) is 1. The predicted octanol–water partition coefficient (Wildman–Crippen LogP) is 7.08. The third kappa shape index (κ3) is 9.64. The van der Waals surface area contributed by atoms with Gasteiger partial charge < -0.3 is 0 Å². The maximum Gasteiger partial charge on any atom is 0.139 e. The first kappa shape index (κ1) is 19.7.